The van der Waals surface area contributed by atoms with Crippen LogP contribution >= 0.6 is 11.6 Å². The van der Waals surface area contributed by atoms with Gasteiger partial charge in [-0.2, -0.15) is 4.98 Å². The number of aromatic nitrogens is 2. The highest BCUT2D eigenvalue weighted by molar-refractivity contribution is 6.30. The van der Waals surface area contributed by atoms with Crippen molar-refractivity contribution in [2.45, 2.75) is 13.0 Å². The summed E-state index contributed by atoms with van der Waals surface area (Å²) in [6.07, 6.45) is 1.74. The van der Waals surface area contributed by atoms with Crippen molar-refractivity contribution < 1.29 is 4.74 Å². The molecule has 1 aromatic heterocycles. The molecule has 1 aromatic carbocycles. The zero-order valence-corrected chi connectivity index (χ0v) is 12.5. The maximum Gasteiger partial charge on any atom is 0.227 e. The fourth-order valence-corrected chi connectivity index (χ4v) is 2.43. The Morgan fingerprint density at radius 1 is 1.33 bits per heavy atom. The molecule has 2 heterocycles. The van der Waals surface area contributed by atoms with Gasteiger partial charge in [-0.05, 0) is 24.6 Å². The molecular weight excluding hydrogens is 288 g/mol. The topological polar surface area (TPSA) is 64.3 Å². The van der Waals surface area contributed by atoms with Gasteiger partial charge in [0.05, 0.1) is 13.2 Å². The van der Waals surface area contributed by atoms with Crippen LogP contribution in [-0.4, -0.2) is 29.7 Å². The van der Waals surface area contributed by atoms with E-state index in [0.717, 1.165) is 22.7 Å². The van der Waals surface area contributed by atoms with Crippen molar-refractivity contribution in [2.24, 2.45) is 0 Å². The Morgan fingerprint density at radius 2 is 2.10 bits per heavy atom. The minimum absolute atomic E-state index is 0.0119. The molecule has 0 amide bonds. The number of nitrogens with zero attached hydrogens (tertiary/aromatic N) is 3. The summed E-state index contributed by atoms with van der Waals surface area (Å²) in [5.41, 5.74) is 7.86. The lowest BCUT2D eigenvalue weighted by molar-refractivity contribution is 0.0392. The number of rotatable bonds is 2. The highest BCUT2D eigenvalue weighted by atomic mass is 35.5. The predicted molar refractivity (Wildman–Crippen MR) is 83.5 cm³/mol. The van der Waals surface area contributed by atoms with E-state index in [9.17, 15) is 0 Å². The molecule has 110 valence electrons. The molecule has 0 saturated carbocycles. The molecule has 2 N–H and O–H groups in total. The fraction of sp³-hybridized carbons (Fsp3) is 0.333. The first kappa shape index (κ1) is 14.1. The lowest BCUT2D eigenvalue weighted by Gasteiger charge is -2.33. The van der Waals surface area contributed by atoms with Gasteiger partial charge in [-0.3, -0.25) is 0 Å². The second kappa shape index (κ2) is 5.87. The van der Waals surface area contributed by atoms with Gasteiger partial charge in [0, 0.05) is 23.3 Å². The summed E-state index contributed by atoms with van der Waals surface area (Å²) in [6, 6.07) is 7.72. The minimum Gasteiger partial charge on any atom is -0.383 e. The highest BCUT2D eigenvalue weighted by Gasteiger charge is 2.24. The number of anilines is 2. The number of nitrogens with two attached hydrogens (primary N) is 1. The molecule has 1 aliphatic heterocycles. The Labute approximate surface area is 128 Å². The molecule has 1 unspecified atom stereocenters. The third-order valence-electron chi connectivity index (χ3n) is 3.59. The molecular formula is C15H17ClN4O. The van der Waals surface area contributed by atoms with E-state index in [4.69, 9.17) is 22.1 Å². The first-order chi connectivity index (χ1) is 10.1. The third-order valence-corrected chi connectivity index (χ3v) is 3.84. The number of benzene rings is 1. The molecule has 21 heavy (non-hydrogen) atoms. The van der Waals surface area contributed by atoms with Crippen LogP contribution in [-0.2, 0) is 4.74 Å². The molecule has 5 nitrogen and oxygen atoms in total. The third kappa shape index (κ3) is 3.09. The quantitative estimate of drug-likeness (QED) is 0.924. The normalized spacial score (nSPS) is 18.8. The van der Waals surface area contributed by atoms with Crippen LogP contribution in [0.5, 0.6) is 0 Å². The van der Waals surface area contributed by atoms with Gasteiger partial charge < -0.3 is 15.4 Å². The maximum atomic E-state index is 5.92. The van der Waals surface area contributed by atoms with Crippen LogP contribution in [0.15, 0.2) is 30.5 Å². The summed E-state index contributed by atoms with van der Waals surface area (Å²) < 4.78 is 5.84. The second-order valence-electron chi connectivity index (χ2n) is 5.10. The SMILES string of the molecule is Cc1cnc(N2CCOC(c3ccc(Cl)cc3)C2)nc1N. The summed E-state index contributed by atoms with van der Waals surface area (Å²) in [7, 11) is 0. The van der Waals surface area contributed by atoms with Crippen LogP contribution in [0.25, 0.3) is 0 Å². The van der Waals surface area contributed by atoms with Crippen LogP contribution in [0, 0.1) is 6.92 Å². The molecule has 2 aromatic rings. The van der Waals surface area contributed by atoms with Crippen molar-refractivity contribution in [1.29, 1.82) is 0 Å². The standard InChI is InChI=1S/C15H17ClN4O/c1-10-8-18-15(19-14(10)17)20-6-7-21-13(9-20)11-2-4-12(16)5-3-11/h2-5,8,13H,6-7,9H2,1H3,(H2,17,18,19). The van der Waals surface area contributed by atoms with Crippen molar-refractivity contribution in [3.05, 3.63) is 46.6 Å². The van der Waals surface area contributed by atoms with E-state index in [0.29, 0.717) is 24.9 Å². The number of hydrogen-bond acceptors (Lipinski definition) is 5. The zero-order chi connectivity index (χ0) is 14.8. The maximum absolute atomic E-state index is 5.92. The Balaban J connectivity index is 1.79. The Bertz CT molecular complexity index is 632. The molecule has 6 heteroatoms. The molecule has 1 aliphatic rings. The van der Waals surface area contributed by atoms with Crippen LogP contribution in [0.3, 0.4) is 0 Å². The van der Waals surface area contributed by atoms with Crippen LogP contribution in [0.4, 0.5) is 11.8 Å². The largest absolute Gasteiger partial charge is 0.383 e. The summed E-state index contributed by atoms with van der Waals surface area (Å²) in [5, 5.41) is 0.723. The smallest absolute Gasteiger partial charge is 0.227 e. The molecule has 0 bridgehead atoms. The predicted octanol–water partition coefficient (Wildman–Crippen LogP) is 2.60. The number of hydrogen-bond donors (Lipinski definition) is 1. The highest BCUT2D eigenvalue weighted by Crippen LogP contribution is 2.25. The second-order valence-corrected chi connectivity index (χ2v) is 5.53. The van der Waals surface area contributed by atoms with Crippen LogP contribution < -0.4 is 10.6 Å². The average Bonchev–Trinajstić information content (AvgIpc) is 2.51. The number of aryl methyl sites for hydroxylation is 1. The number of ether oxygens (including phenoxy) is 1. The molecule has 0 spiro atoms. The number of morpholine rings is 1. The van der Waals surface area contributed by atoms with Crippen LogP contribution in [0.1, 0.15) is 17.2 Å². The van der Waals surface area contributed by atoms with E-state index >= 15 is 0 Å². The van der Waals surface area contributed by atoms with Gasteiger partial charge in [0.1, 0.15) is 11.9 Å². The minimum atomic E-state index is -0.0119. The first-order valence-electron chi connectivity index (χ1n) is 6.84. The van der Waals surface area contributed by atoms with E-state index in [2.05, 4.69) is 14.9 Å². The fourth-order valence-electron chi connectivity index (χ4n) is 2.31. The van der Waals surface area contributed by atoms with Crippen LogP contribution in [0.2, 0.25) is 5.02 Å². The van der Waals surface area contributed by atoms with E-state index in [1.807, 2.05) is 31.2 Å². The van der Waals surface area contributed by atoms with Gasteiger partial charge in [0.15, 0.2) is 0 Å². The lowest BCUT2D eigenvalue weighted by atomic mass is 10.1. The zero-order valence-electron chi connectivity index (χ0n) is 11.8. The van der Waals surface area contributed by atoms with E-state index in [1.54, 1.807) is 6.20 Å². The Morgan fingerprint density at radius 3 is 2.81 bits per heavy atom. The van der Waals surface area contributed by atoms with Crippen molar-refractivity contribution in [3.8, 4) is 0 Å². The van der Waals surface area contributed by atoms with E-state index in [1.165, 1.54) is 0 Å². The molecule has 1 saturated heterocycles. The summed E-state index contributed by atoms with van der Waals surface area (Å²) in [6.45, 7) is 3.98. The number of halogens is 1. The first-order valence-corrected chi connectivity index (χ1v) is 7.22. The Kier molecular flexibility index (Phi) is 3.94. The van der Waals surface area contributed by atoms with Gasteiger partial charge in [-0.25, -0.2) is 4.98 Å². The summed E-state index contributed by atoms with van der Waals surface area (Å²) in [5.74, 6) is 1.18. The summed E-state index contributed by atoms with van der Waals surface area (Å²) in [4.78, 5) is 10.8. The van der Waals surface area contributed by atoms with Gasteiger partial charge in [-0.1, -0.05) is 23.7 Å². The number of nitrogen functional groups attached to an aromatic ring is 1. The van der Waals surface area contributed by atoms with E-state index < -0.39 is 0 Å². The molecule has 0 radical (unpaired) electrons. The Hall–Kier alpha value is -1.85. The lowest BCUT2D eigenvalue weighted by Crippen LogP contribution is -2.39. The van der Waals surface area contributed by atoms with Gasteiger partial charge in [0.2, 0.25) is 5.95 Å². The van der Waals surface area contributed by atoms with Crippen molar-refractivity contribution >= 4 is 23.4 Å². The van der Waals surface area contributed by atoms with Gasteiger partial charge in [0.25, 0.3) is 0 Å². The monoisotopic (exact) mass is 304 g/mol. The average molecular weight is 305 g/mol. The van der Waals surface area contributed by atoms with Crippen molar-refractivity contribution in [3.63, 3.8) is 0 Å². The summed E-state index contributed by atoms with van der Waals surface area (Å²) >= 11 is 5.92. The van der Waals surface area contributed by atoms with Gasteiger partial charge >= 0.3 is 0 Å². The van der Waals surface area contributed by atoms with Crippen molar-refractivity contribution in [1.82, 2.24) is 9.97 Å². The molecule has 3 rings (SSSR count). The molecule has 1 fully saturated rings. The molecule has 1 atom stereocenters. The van der Waals surface area contributed by atoms with Crippen molar-refractivity contribution in [2.75, 3.05) is 30.3 Å². The molecule has 0 aliphatic carbocycles. The van der Waals surface area contributed by atoms with Gasteiger partial charge in [-0.15, -0.1) is 0 Å². The van der Waals surface area contributed by atoms with E-state index in [-0.39, 0.29) is 6.10 Å².